The fraction of sp³-hybridized carbons (Fsp3) is 0.462. The largest absolute Gasteiger partial charge is 0.484 e. The number of fused-ring (bicyclic) bond motifs is 1. The molecule has 1 atom stereocenters. The van der Waals surface area contributed by atoms with Crippen molar-refractivity contribution in [2.75, 3.05) is 36.2 Å². The van der Waals surface area contributed by atoms with E-state index in [-0.39, 0.29) is 16.4 Å². The van der Waals surface area contributed by atoms with Crippen LogP contribution in [0.25, 0.3) is 0 Å². The van der Waals surface area contributed by atoms with Gasteiger partial charge in [0, 0.05) is 29.4 Å². The number of hydrogen-bond acceptors (Lipinski definition) is 9. The molecule has 51 heavy (non-hydrogen) atoms. The van der Waals surface area contributed by atoms with E-state index in [1.54, 1.807) is 75.4 Å². The number of hydrogen-bond donors (Lipinski definition) is 2. The predicted molar refractivity (Wildman–Crippen MR) is 198 cm³/mol. The van der Waals surface area contributed by atoms with Crippen LogP contribution in [0.3, 0.4) is 0 Å². The summed E-state index contributed by atoms with van der Waals surface area (Å²) in [5.41, 5.74) is 1.21. The maximum Gasteiger partial charge on any atom is 0.412 e. The van der Waals surface area contributed by atoms with E-state index in [4.69, 9.17) is 14.2 Å². The lowest BCUT2D eigenvalue weighted by Crippen LogP contribution is -2.38. The molecule has 0 spiro atoms. The minimum Gasteiger partial charge on any atom is -0.484 e. The van der Waals surface area contributed by atoms with Crippen molar-refractivity contribution in [2.24, 2.45) is 5.41 Å². The van der Waals surface area contributed by atoms with Crippen molar-refractivity contribution < 1.29 is 37.0 Å². The Morgan fingerprint density at radius 3 is 2.16 bits per heavy atom. The first-order valence-corrected chi connectivity index (χ1v) is 19.1. The van der Waals surface area contributed by atoms with Gasteiger partial charge in [0.2, 0.25) is 0 Å². The quantitative estimate of drug-likeness (QED) is 0.160. The number of esters is 1. The highest BCUT2D eigenvalue weighted by atomic mass is 32.2. The van der Waals surface area contributed by atoms with E-state index >= 15 is 0 Å². The molecule has 2 amide bonds. The summed E-state index contributed by atoms with van der Waals surface area (Å²) in [4.78, 5) is 40.0. The number of methoxy groups -OCH3 is 1. The SMILES string of the molecule is CCCCC1(CCCC)CN(c2ccc(NC(=O)OC(C)(C)C)cc2)c2ccc(OCC(=O)NC(C(=O)OC)c3ccccc3)cc2S(=O)(=O)C1. The first kappa shape index (κ1) is 39.2. The zero-order valence-electron chi connectivity index (χ0n) is 30.5. The number of carbonyl (C=O) groups excluding carboxylic acids is 3. The van der Waals surface area contributed by atoms with Gasteiger partial charge in [-0.15, -0.1) is 0 Å². The highest BCUT2D eigenvalue weighted by molar-refractivity contribution is 7.91. The zero-order chi connectivity index (χ0) is 37.2. The van der Waals surface area contributed by atoms with E-state index in [1.165, 1.54) is 13.2 Å². The zero-order valence-corrected chi connectivity index (χ0v) is 31.3. The fourth-order valence-electron chi connectivity index (χ4n) is 6.30. The summed E-state index contributed by atoms with van der Waals surface area (Å²) < 4.78 is 44.8. The van der Waals surface area contributed by atoms with Crippen LogP contribution in [0, 0.1) is 5.41 Å². The van der Waals surface area contributed by atoms with E-state index in [9.17, 15) is 22.8 Å². The summed E-state index contributed by atoms with van der Waals surface area (Å²) in [7, 11) is -2.57. The van der Waals surface area contributed by atoms with E-state index in [0.29, 0.717) is 23.5 Å². The van der Waals surface area contributed by atoms with Gasteiger partial charge in [-0.1, -0.05) is 69.9 Å². The molecule has 0 bridgehead atoms. The van der Waals surface area contributed by atoms with Gasteiger partial charge >= 0.3 is 12.1 Å². The van der Waals surface area contributed by atoms with Gasteiger partial charge in [0.1, 0.15) is 11.4 Å². The summed E-state index contributed by atoms with van der Waals surface area (Å²) >= 11 is 0. The smallest absolute Gasteiger partial charge is 0.412 e. The first-order valence-electron chi connectivity index (χ1n) is 17.5. The lowest BCUT2D eigenvalue weighted by Gasteiger charge is -2.37. The second kappa shape index (κ2) is 17.1. The van der Waals surface area contributed by atoms with Crippen molar-refractivity contribution in [1.82, 2.24) is 5.32 Å². The van der Waals surface area contributed by atoms with Crippen LogP contribution in [-0.2, 0) is 28.9 Å². The highest BCUT2D eigenvalue weighted by Gasteiger charge is 2.42. The fourth-order valence-corrected chi connectivity index (χ4v) is 8.44. The number of unbranched alkanes of at least 4 members (excludes halogenated alkanes) is 2. The number of benzene rings is 3. The van der Waals surface area contributed by atoms with E-state index in [2.05, 4.69) is 24.5 Å². The molecule has 3 aromatic rings. The van der Waals surface area contributed by atoms with E-state index in [0.717, 1.165) is 44.2 Å². The Balaban J connectivity index is 1.66. The molecule has 11 nitrogen and oxygen atoms in total. The van der Waals surface area contributed by atoms with Crippen molar-refractivity contribution in [2.45, 2.75) is 89.7 Å². The summed E-state index contributed by atoms with van der Waals surface area (Å²) in [6.45, 7) is 9.62. The Morgan fingerprint density at radius 1 is 0.922 bits per heavy atom. The number of rotatable bonds is 14. The molecule has 12 heteroatoms. The first-order chi connectivity index (χ1) is 24.2. The highest BCUT2D eigenvalue weighted by Crippen LogP contribution is 2.46. The van der Waals surface area contributed by atoms with E-state index in [1.807, 2.05) is 17.0 Å². The lowest BCUT2D eigenvalue weighted by atomic mass is 9.79. The molecular formula is C39H51N3O8S. The van der Waals surface area contributed by atoms with Crippen molar-refractivity contribution in [3.8, 4) is 5.75 Å². The van der Waals surface area contributed by atoms with Crippen LogP contribution < -0.4 is 20.3 Å². The molecule has 0 saturated carbocycles. The lowest BCUT2D eigenvalue weighted by molar-refractivity contribution is -0.145. The normalized spacial score (nSPS) is 15.5. The van der Waals surface area contributed by atoms with Crippen LogP contribution >= 0.6 is 0 Å². The van der Waals surface area contributed by atoms with Gasteiger partial charge in [0.15, 0.2) is 22.5 Å². The van der Waals surface area contributed by atoms with Crippen LogP contribution in [-0.4, -0.2) is 58.0 Å². The molecule has 1 aliphatic rings. The number of ether oxygens (including phenoxy) is 3. The molecule has 4 rings (SSSR count). The third-order valence-corrected chi connectivity index (χ3v) is 10.7. The molecule has 0 aromatic heterocycles. The molecule has 276 valence electrons. The van der Waals surface area contributed by atoms with Crippen molar-refractivity contribution >= 4 is 44.9 Å². The standard InChI is InChI=1S/C39H51N3O8S/c1-7-9-22-39(23-10-8-2)26-42(30-18-16-29(17-19-30)40-37(45)50-38(3,4)5)32-21-20-31(24-33(32)51(46,47)27-39)49-25-34(43)41-35(36(44)48-6)28-14-12-11-13-15-28/h11-21,24,35H,7-10,22-23,25-27H2,1-6H3,(H,40,45)(H,41,43). The van der Waals surface area contributed by atoms with Crippen molar-refractivity contribution in [3.05, 3.63) is 78.4 Å². The van der Waals surface area contributed by atoms with Gasteiger partial charge in [-0.25, -0.2) is 18.0 Å². The van der Waals surface area contributed by atoms with Crippen molar-refractivity contribution in [1.29, 1.82) is 0 Å². The third kappa shape index (κ3) is 10.7. The van der Waals surface area contributed by atoms with Crippen LogP contribution in [0.5, 0.6) is 5.75 Å². The molecule has 1 unspecified atom stereocenters. The average molecular weight is 722 g/mol. The maximum absolute atomic E-state index is 14.3. The Labute approximate surface area is 302 Å². The summed E-state index contributed by atoms with van der Waals surface area (Å²) in [5, 5.41) is 5.41. The molecule has 0 radical (unpaired) electrons. The number of sulfone groups is 1. The molecule has 2 N–H and O–H groups in total. The third-order valence-electron chi connectivity index (χ3n) is 8.74. The monoisotopic (exact) mass is 721 g/mol. The minimum atomic E-state index is -3.82. The van der Waals surface area contributed by atoms with E-state index < -0.39 is 51.5 Å². The number of carbonyl (C=O) groups is 3. The van der Waals surface area contributed by atoms with Gasteiger partial charge in [-0.2, -0.15) is 0 Å². The number of amides is 2. The Kier molecular flexibility index (Phi) is 13.1. The number of nitrogens with zero attached hydrogens (tertiary/aromatic N) is 1. The number of nitrogens with one attached hydrogen (secondary N) is 2. The maximum atomic E-state index is 14.3. The topological polar surface area (TPSA) is 140 Å². The summed E-state index contributed by atoms with van der Waals surface area (Å²) in [6, 6.07) is 19.8. The van der Waals surface area contributed by atoms with Gasteiger partial charge in [0.25, 0.3) is 5.91 Å². The van der Waals surface area contributed by atoms with Gasteiger partial charge in [-0.05, 0) is 75.6 Å². The summed E-state index contributed by atoms with van der Waals surface area (Å²) in [5.74, 6) is -1.03. The second-order valence-electron chi connectivity index (χ2n) is 14.1. The Bertz CT molecular complexity index is 1750. The summed E-state index contributed by atoms with van der Waals surface area (Å²) in [6.07, 6.45) is 4.58. The molecule has 0 saturated heterocycles. The molecular weight excluding hydrogens is 671 g/mol. The second-order valence-corrected chi connectivity index (χ2v) is 16.0. The average Bonchev–Trinajstić information content (AvgIpc) is 3.19. The Hall–Kier alpha value is -4.58. The van der Waals surface area contributed by atoms with Gasteiger partial charge in [-0.3, -0.25) is 10.1 Å². The van der Waals surface area contributed by atoms with Crippen molar-refractivity contribution in [3.63, 3.8) is 0 Å². The van der Waals surface area contributed by atoms with Crippen LogP contribution in [0.15, 0.2) is 77.7 Å². The molecule has 0 fully saturated rings. The minimum absolute atomic E-state index is 0.0242. The Morgan fingerprint density at radius 2 is 1.57 bits per heavy atom. The molecule has 0 aliphatic carbocycles. The predicted octanol–water partition coefficient (Wildman–Crippen LogP) is 7.74. The van der Waals surface area contributed by atoms with Gasteiger partial charge in [0.05, 0.1) is 23.4 Å². The molecule has 1 heterocycles. The number of anilines is 3. The van der Waals surface area contributed by atoms with Crippen LogP contribution in [0.4, 0.5) is 21.9 Å². The van der Waals surface area contributed by atoms with Crippen LogP contribution in [0.2, 0.25) is 0 Å². The molecule has 1 aliphatic heterocycles. The van der Waals surface area contributed by atoms with Gasteiger partial charge < -0.3 is 24.4 Å². The molecule has 3 aromatic carbocycles. The van der Waals surface area contributed by atoms with Crippen LogP contribution in [0.1, 0.15) is 84.7 Å².